The number of carboxylic acid groups (broad SMARTS) is 2. The largest absolute Gasteiger partial charge is 0.494 e. The van der Waals surface area contributed by atoms with Crippen LogP contribution in [0.25, 0.3) is 21.0 Å². The first-order chi connectivity index (χ1) is 22.5. The molecule has 1 aromatic carbocycles. The number of nitrogens with zero attached hydrogens (tertiary/aromatic N) is 3. The number of para-hydroxylation sites is 1. The number of carboxylic acids is 2. The number of amides is 1. The highest BCUT2D eigenvalue weighted by Gasteiger charge is 2.39. The van der Waals surface area contributed by atoms with Crippen molar-refractivity contribution < 1.29 is 55.7 Å². The van der Waals surface area contributed by atoms with Crippen molar-refractivity contribution in [3.05, 3.63) is 69.6 Å². The van der Waals surface area contributed by atoms with Crippen LogP contribution in [0.15, 0.2) is 53.5 Å². The van der Waals surface area contributed by atoms with E-state index in [0.29, 0.717) is 29.1 Å². The molecule has 0 atom stereocenters. The van der Waals surface area contributed by atoms with E-state index in [0.717, 1.165) is 47.4 Å². The Morgan fingerprint density at radius 2 is 1.52 bits per heavy atom. The molecule has 18 heteroatoms. The summed E-state index contributed by atoms with van der Waals surface area (Å²) in [5, 5.41) is 18.6. The molecule has 0 aliphatic rings. The van der Waals surface area contributed by atoms with Gasteiger partial charge in [0.1, 0.15) is 10.3 Å². The first kappa shape index (κ1) is 39.5. The molecule has 3 aromatic heterocycles. The smallest absolute Gasteiger partial charge is 0.490 e. The molecule has 0 bridgehead atoms. The molecule has 0 aliphatic carbocycles. The quantitative estimate of drug-likeness (QED) is 0.146. The number of hydrogen-bond donors (Lipinski definition) is 3. The van der Waals surface area contributed by atoms with Gasteiger partial charge in [0.2, 0.25) is 0 Å². The summed E-state index contributed by atoms with van der Waals surface area (Å²) in [6, 6.07) is 13.4. The van der Waals surface area contributed by atoms with E-state index in [2.05, 4.69) is 29.0 Å². The van der Waals surface area contributed by atoms with Gasteiger partial charge in [0, 0.05) is 18.1 Å². The molecule has 262 valence electrons. The summed E-state index contributed by atoms with van der Waals surface area (Å²) in [7, 11) is 1.51. The second-order valence-corrected chi connectivity index (χ2v) is 10.7. The van der Waals surface area contributed by atoms with Crippen LogP contribution in [0, 0.1) is 0 Å². The summed E-state index contributed by atoms with van der Waals surface area (Å²) in [5.41, 5.74) is 1.41. The number of aliphatic carboxylic acids is 2. The van der Waals surface area contributed by atoms with Gasteiger partial charge < -0.3 is 29.7 Å². The van der Waals surface area contributed by atoms with E-state index in [1.165, 1.54) is 18.4 Å². The van der Waals surface area contributed by atoms with Gasteiger partial charge in [-0.2, -0.15) is 26.3 Å². The molecule has 0 saturated heterocycles. The molecular formula is C30H32F6N4O7S. The van der Waals surface area contributed by atoms with Gasteiger partial charge in [-0.05, 0) is 44.3 Å². The van der Waals surface area contributed by atoms with Gasteiger partial charge in [-0.3, -0.25) is 14.6 Å². The number of pyridine rings is 2. The maximum atomic E-state index is 13.7. The van der Waals surface area contributed by atoms with Gasteiger partial charge in [-0.25, -0.2) is 9.59 Å². The lowest BCUT2D eigenvalue weighted by Crippen LogP contribution is -2.29. The third-order valence-electron chi connectivity index (χ3n) is 6.54. The average molecular weight is 707 g/mol. The summed E-state index contributed by atoms with van der Waals surface area (Å²) < 4.78 is 71.6. The van der Waals surface area contributed by atoms with Crippen LogP contribution >= 0.6 is 11.3 Å². The number of thiophene rings is 1. The fourth-order valence-electron chi connectivity index (χ4n) is 4.22. The zero-order valence-electron chi connectivity index (χ0n) is 25.8. The first-order valence-corrected chi connectivity index (χ1v) is 14.9. The molecule has 4 rings (SSSR count). The van der Waals surface area contributed by atoms with E-state index >= 15 is 0 Å². The highest BCUT2D eigenvalue weighted by Crippen LogP contribution is 2.39. The predicted octanol–water partition coefficient (Wildman–Crippen LogP) is 5.40. The monoisotopic (exact) mass is 706 g/mol. The summed E-state index contributed by atoms with van der Waals surface area (Å²) >= 11 is 1.31. The fourth-order valence-corrected chi connectivity index (χ4v) is 5.44. The van der Waals surface area contributed by atoms with Crippen LogP contribution in [0.2, 0.25) is 0 Å². The topological polar surface area (TPSA) is 151 Å². The normalized spacial score (nSPS) is 11.4. The molecule has 3 N–H and O–H groups in total. The molecule has 0 saturated carbocycles. The van der Waals surface area contributed by atoms with Crippen molar-refractivity contribution in [2.45, 2.75) is 39.2 Å². The maximum absolute atomic E-state index is 13.7. The number of methoxy groups -OCH3 is 1. The van der Waals surface area contributed by atoms with Crippen LogP contribution in [0.4, 0.5) is 26.3 Å². The Hall–Kier alpha value is -4.71. The SMILES string of the molecule is CCN(CC)CCCNC(=O)c1sc2c(c1OC)c(=O)n(Cc1ccccn1)c1ccccc21.O=C(O)C(F)(F)F.O=C(O)C(F)(F)F. The Labute approximate surface area is 273 Å². The summed E-state index contributed by atoms with van der Waals surface area (Å²) in [6.45, 7) is 8.09. The number of carbonyl (C=O) groups excluding carboxylic acids is 1. The van der Waals surface area contributed by atoms with Gasteiger partial charge in [-0.15, -0.1) is 11.3 Å². The average Bonchev–Trinajstić information content (AvgIpc) is 3.43. The third kappa shape index (κ3) is 10.7. The number of hydrogen-bond acceptors (Lipinski definition) is 8. The molecule has 0 unspecified atom stereocenters. The van der Waals surface area contributed by atoms with E-state index in [9.17, 15) is 35.9 Å². The molecule has 0 radical (unpaired) electrons. The van der Waals surface area contributed by atoms with E-state index < -0.39 is 24.3 Å². The number of ether oxygens (including phenoxy) is 1. The minimum absolute atomic E-state index is 0.187. The van der Waals surface area contributed by atoms with Gasteiger partial charge in [0.05, 0.1) is 29.6 Å². The Kier molecular flexibility index (Phi) is 14.3. The van der Waals surface area contributed by atoms with Crippen molar-refractivity contribution in [2.24, 2.45) is 0 Å². The van der Waals surface area contributed by atoms with Crippen LogP contribution in [-0.4, -0.2) is 88.2 Å². The summed E-state index contributed by atoms with van der Waals surface area (Å²) in [6.07, 6.45) is -7.59. The molecule has 0 spiro atoms. The number of alkyl halides is 6. The van der Waals surface area contributed by atoms with Crippen molar-refractivity contribution in [1.29, 1.82) is 0 Å². The second-order valence-electron chi connectivity index (χ2n) is 9.64. The predicted molar refractivity (Wildman–Crippen MR) is 166 cm³/mol. The Morgan fingerprint density at radius 1 is 0.958 bits per heavy atom. The molecular weight excluding hydrogens is 674 g/mol. The zero-order chi connectivity index (χ0) is 36.2. The fraction of sp³-hybridized carbons (Fsp3) is 0.367. The van der Waals surface area contributed by atoms with Crippen LogP contribution < -0.4 is 15.6 Å². The van der Waals surface area contributed by atoms with Gasteiger partial charge in [0.25, 0.3) is 11.5 Å². The number of carbonyl (C=O) groups is 3. The Bertz CT molecular complexity index is 1730. The van der Waals surface area contributed by atoms with Crippen LogP contribution in [0.1, 0.15) is 35.6 Å². The standard InChI is InChI=1S/C26H30N4O3S.2C2HF3O2/c1-4-29(5-2)16-10-15-28-25(31)24-22(33-3)21-23(34-24)19-12-6-7-13-20(19)30(26(21)32)17-18-11-8-9-14-27-18;2*3-2(4,5)1(6)7/h6-9,11-14H,4-5,10,15-17H2,1-3H3,(H,28,31);2*(H,6,7). The van der Waals surface area contributed by atoms with Crippen molar-refractivity contribution in [2.75, 3.05) is 33.3 Å². The number of nitrogens with one attached hydrogen (secondary N) is 1. The van der Waals surface area contributed by atoms with Gasteiger partial charge in [0.15, 0.2) is 5.75 Å². The Morgan fingerprint density at radius 3 is 2.02 bits per heavy atom. The summed E-state index contributed by atoms with van der Waals surface area (Å²) in [4.78, 5) is 51.7. The van der Waals surface area contributed by atoms with E-state index in [4.69, 9.17) is 24.5 Å². The van der Waals surface area contributed by atoms with Crippen molar-refractivity contribution in [1.82, 2.24) is 19.8 Å². The molecule has 3 heterocycles. The lowest BCUT2D eigenvalue weighted by Gasteiger charge is -2.17. The number of rotatable bonds is 10. The summed E-state index contributed by atoms with van der Waals surface area (Å²) in [5.74, 6) is -5.39. The second kappa shape index (κ2) is 17.4. The molecule has 0 aliphatic heterocycles. The van der Waals surface area contributed by atoms with Crippen molar-refractivity contribution >= 4 is 50.2 Å². The molecule has 48 heavy (non-hydrogen) atoms. The van der Waals surface area contributed by atoms with Crippen molar-refractivity contribution in [3.63, 3.8) is 0 Å². The van der Waals surface area contributed by atoms with Crippen LogP contribution in [0.5, 0.6) is 5.75 Å². The van der Waals surface area contributed by atoms with Gasteiger partial charge in [-0.1, -0.05) is 38.1 Å². The highest BCUT2D eigenvalue weighted by atomic mass is 32.1. The third-order valence-corrected chi connectivity index (χ3v) is 7.74. The molecule has 1 amide bonds. The lowest BCUT2D eigenvalue weighted by molar-refractivity contribution is -0.193. The number of fused-ring (bicyclic) bond motifs is 3. The minimum atomic E-state index is -5.08. The van der Waals surface area contributed by atoms with E-state index in [1.807, 2.05) is 42.5 Å². The van der Waals surface area contributed by atoms with Crippen molar-refractivity contribution in [3.8, 4) is 5.75 Å². The Balaban J connectivity index is 0.000000479. The lowest BCUT2D eigenvalue weighted by atomic mass is 10.1. The number of halogens is 6. The molecule has 0 fully saturated rings. The number of benzene rings is 1. The maximum Gasteiger partial charge on any atom is 0.490 e. The molecule has 11 nitrogen and oxygen atoms in total. The number of aromatic nitrogens is 2. The van der Waals surface area contributed by atoms with E-state index in [-0.39, 0.29) is 11.5 Å². The van der Waals surface area contributed by atoms with Crippen LogP contribution in [-0.2, 0) is 16.1 Å². The minimum Gasteiger partial charge on any atom is -0.494 e. The highest BCUT2D eigenvalue weighted by molar-refractivity contribution is 7.22. The van der Waals surface area contributed by atoms with Gasteiger partial charge >= 0.3 is 24.3 Å². The van der Waals surface area contributed by atoms with Crippen LogP contribution in [0.3, 0.4) is 0 Å². The zero-order valence-corrected chi connectivity index (χ0v) is 26.6. The molecule has 4 aromatic rings. The van der Waals surface area contributed by atoms with E-state index in [1.54, 1.807) is 10.8 Å². The first-order valence-electron chi connectivity index (χ1n) is 14.1.